The van der Waals surface area contributed by atoms with E-state index in [1.165, 1.54) is 23.9 Å². The maximum atomic E-state index is 13.6. The molecule has 4 aromatic carbocycles. The van der Waals surface area contributed by atoms with E-state index < -0.39 is 4.92 Å². The van der Waals surface area contributed by atoms with Crippen molar-refractivity contribution in [2.24, 2.45) is 4.99 Å². The van der Waals surface area contributed by atoms with Crippen LogP contribution >= 0.6 is 11.8 Å². The van der Waals surface area contributed by atoms with Crippen LogP contribution < -0.4 is 4.74 Å². The fourth-order valence-electron chi connectivity index (χ4n) is 3.97. The zero-order valence-electron chi connectivity index (χ0n) is 21.2. The number of nitro groups is 1. The maximum absolute atomic E-state index is 13.6. The summed E-state index contributed by atoms with van der Waals surface area (Å²) in [5.74, 6) is 0.482. The molecule has 8 heteroatoms. The third kappa shape index (κ3) is 6.42. The summed E-state index contributed by atoms with van der Waals surface area (Å²) < 4.78 is 6.05. The summed E-state index contributed by atoms with van der Waals surface area (Å²) in [6.45, 7) is 2.67. The highest BCUT2D eigenvalue weighted by Crippen LogP contribution is 2.36. The van der Waals surface area contributed by atoms with Crippen molar-refractivity contribution in [2.75, 3.05) is 0 Å². The first kappa shape index (κ1) is 25.9. The van der Waals surface area contributed by atoms with E-state index >= 15 is 0 Å². The molecule has 1 fully saturated rings. The second kappa shape index (κ2) is 11.8. The zero-order chi connectivity index (χ0) is 27.2. The van der Waals surface area contributed by atoms with Gasteiger partial charge in [0.25, 0.3) is 11.6 Å². The number of hydrogen-bond donors (Lipinski definition) is 0. The van der Waals surface area contributed by atoms with Crippen molar-refractivity contribution >= 4 is 40.3 Å². The molecule has 39 heavy (non-hydrogen) atoms. The Morgan fingerprint density at radius 2 is 1.59 bits per heavy atom. The van der Waals surface area contributed by atoms with Gasteiger partial charge in [-0.1, -0.05) is 66.2 Å². The van der Waals surface area contributed by atoms with Crippen molar-refractivity contribution < 1.29 is 14.5 Å². The first-order valence-corrected chi connectivity index (χ1v) is 13.1. The third-order valence-electron chi connectivity index (χ3n) is 6.08. The molecule has 0 atom stereocenters. The van der Waals surface area contributed by atoms with Crippen LogP contribution in [-0.4, -0.2) is 20.9 Å². The molecule has 0 bridgehead atoms. The van der Waals surface area contributed by atoms with Crippen LogP contribution in [0.15, 0.2) is 113 Å². The Labute approximate surface area is 230 Å². The molecular weight excluding hydrogens is 510 g/mol. The van der Waals surface area contributed by atoms with Gasteiger partial charge in [-0.15, -0.1) is 0 Å². The number of rotatable bonds is 8. The Hall–Kier alpha value is -4.69. The van der Waals surface area contributed by atoms with Crippen LogP contribution in [0.2, 0.25) is 0 Å². The number of aryl methyl sites for hydroxylation is 1. The standard InChI is InChI=1S/C31H25N3O4S/c1-22-11-15-26(16-12-22)32-31-33(20-23-7-3-2-4-8-23)30(35)29(39-31)19-25-9-5-6-10-28(25)38-21-24-13-17-27(18-14-24)34(36)37/h2-19H,20-21H2,1H3/b29-19+,32-31?. The van der Waals surface area contributed by atoms with Crippen molar-refractivity contribution in [1.82, 2.24) is 4.90 Å². The number of amidine groups is 1. The number of nitrogens with zero attached hydrogens (tertiary/aromatic N) is 3. The number of carbonyl (C=O) groups is 1. The summed E-state index contributed by atoms with van der Waals surface area (Å²) >= 11 is 1.34. The van der Waals surface area contributed by atoms with E-state index in [2.05, 4.69) is 0 Å². The van der Waals surface area contributed by atoms with E-state index in [-0.39, 0.29) is 18.2 Å². The number of carbonyl (C=O) groups excluding carboxylic acids is 1. The lowest BCUT2D eigenvalue weighted by molar-refractivity contribution is -0.384. The molecule has 1 amide bonds. The van der Waals surface area contributed by atoms with Crippen LogP contribution in [0.4, 0.5) is 11.4 Å². The molecule has 7 nitrogen and oxygen atoms in total. The van der Waals surface area contributed by atoms with E-state index in [0.717, 1.165) is 27.9 Å². The Morgan fingerprint density at radius 1 is 0.897 bits per heavy atom. The van der Waals surface area contributed by atoms with E-state index in [9.17, 15) is 14.9 Å². The van der Waals surface area contributed by atoms with Crippen molar-refractivity contribution in [2.45, 2.75) is 20.1 Å². The first-order chi connectivity index (χ1) is 19.0. The molecule has 0 aromatic heterocycles. The van der Waals surface area contributed by atoms with Crippen LogP contribution in [0.25, 0.3) is 6.08 Å². The number of amides is 1. The molecule has 1 heterocycles. The van der Waals surface area contributed by atoms with Gasteiger partial charge in [0.2, 0.25) is 0 Å². The molecule has 0 aliphatic carbocycles. The maximum Gasteiger partial charge on any atom is 0.269 e. The van der Waals surface area contributed by atoms with Gasteiger partial charge in [-0.05, 0) is 66.2 Å². The lowest BCUT2D eigenvalue weighted by atomic mass is 10.1. The van der Waals surface area contributed by atoms with Crippen LogP contribution in [-0.2, 0) is 17.9 Å². The van der Waals surface area contributed by atoms with Gasteiger partial charge in [0, 0.05) is 17.7 Å². The lowest BCUT2D eigenvalue weighted by Gasteiger charge is -2.15. The van der Waals surface area contributed by atoms with Gasteiger partial charge in [0.1, 0.15) is 12.4 Å². The minimum atomic E-state index is -0.431. The molecule has 0 radical (unpaired) electrons. The molecule has 0 N–H and O–H groups in total. The third-order valence-corrected chi connectivity index (χ3v) is 7.08. The fraction of sp³-hybridized carbons (Fsp3) is 0.0968. The number of benzene rings is 4. The van der Waals surface area contributed by atoms with Crippen molar-refractivity contribution in [3.8, 4) is 5.75 Å². The van der Waals surface area contributed by atoms with E-state index in [0.29, 0.717) is 22.4 Å². The van der Waals surface area contributed by atoms with E-state index in [1.54, 1.807) is 17.0 Å². The van der Waals surface area contributed by atoms with Crippen LogP contribution in [0.3, 0.4) is 0 Å². The summed E-state index contributed by atoms with van der Waals surface area (Å²) in [7, 11) is 0. The predicted molar refractivity (Wildman–Crippen MR) is 155 cm³/mol. The fourth-order valence-corrected chi connectivity index (χ4v) is 4.96. The summed E-state index contributed by atoms with van der Waals surface area (Å²) in [5.41, 5.74) is 4.52. The van der Waals surface area contributed by atoms with Crippen LogP contribution in [0.1, 0.15) is 22.3 Å². The lowest BCUT2D eigenvalue weighted by Crippen LogP contribution is -2.28. The van der Waals surface area contributed by atoms with Gasteiger partial charge >= 0.3 is 0 Å². The summed E-state index contributed by atoms with van der Waals surface area (Å²) in [4.78, 5) is 31.1. The smallest absolute Gasteiger partial charge is 0.269 e. The topological polar surface area (TPSA) is 85.0 Å². The Bertz CT molecular complexity index is 1550. The van der Waals surface area contributed by atoms with Crippen molar-refractivity contribution in [1.29, 1.82) is 0 Å². The van der Waals surface area contributed by atoms with Gasteiger partial charge in [0.15, 0.2) is 5.17 Å². The number of aliphatic imine (C=N–C) groups is 1. The van der Waals surface area contributed by atoms with E-state index in [1.807, 2.05) is 91.9 Å². The Balaban J connectivity index is 1.41. The summed E-state index contributed by atoms with van der Waals surface area (Å²) in [6, 6.07) is 31.4. The molecule has 1 aliphatic rings. The number of thioether (sulfide) groups is 1. The molecule has 1 aliphatic heterocycles. The summed E-state index contributed by atoms with van der Waals surface area (Å²) in [5, 5.41) is 11.5. The highest BCUT2D eigenvalue weighted by Gasteiger charge is 2.33. The molecule has 0 spiro atoms. The molecule has 5 rings (SSSR count). The highest BCUT2D eigenvalue weighted by atomic mass is 32.2. The highest BCUT2D eigenvalue weighted by molar-refractivity contribution is 8.18. The normalized spacial score (nSPS) is 15.2. The number of hydrogen-bond acceptors (Lipinski definition) is 6. The largest absolute Gasteiger partial charge is 0.488 e. The van der Waals surface area contributed by atoms with Gasteiger partial charge in [-0.2, -0.15) is 0 Å². The Kier molecular flexibility index (Phi) is 7.84. The minimum absolute atomic E-state index is 0.0313. The molecular formula is C31H25N3O4S. The molecule has 194 valence electrons. The second-order valence-corrected chi connectivity index (χ2v) is 9.98. The number of non-ortho nitro benzene ring substituents is 1. The van der Waals surface area contributed by atoms with Gasteiger partial charge in [0.05, 0.1) is 22.1 Å². The quantitative estimate of drug-likeness (QED) is 0.134. The summed E-state index contributed by atoms with van der Waals surface area (Å²) in [6.07, 6.45) is 1.83. The van der Waals surface area contributed by atoms with E-state index in [4.69, 9.17) is 9.73 Å². The van der Waals surface area contributed by atoms with Gasteiger partial charge < -0.3 is 4.74 Å². The number of ether oxygens (including phenoxy) is 1. The first-order valence-electron chi connectivity index (χ1n) is 12.3. The number of nitro benzene ring substituents is 1. The van der Waals surface area contributed by atoms with Crippen molar-refractivity contribution in [3.63, 3.8) is 0 Å². The second-order valence-electron chi connectivity index (χ2n) is 8.97. The monoisotopic (exact) mass is 535 g/mol. The predicted octanol–water partition coefficient (Wildman–Crippen LogP) is 7.29. The molecule has 0 unspecified atom stereocenters. The van der Waals surface area contributed by atoms with Crippen molar-refractivity contribution in [3.05, 3.63) is 140 Å². The average molecular weight is 536 g/mol. The SMILES string of the molecule is Cc1ccc(N=C2S/C(=C/c3ccccc3OCc3ccc([N+](=O)[O-])cc3)C(=O)N2Cc2ccccc2)cc1. The van der Waals surface area contributed by atoms with Gasteiger partial charge in [-0.3, -0.25) is 19.8 Å². The zero-order valence-corrected chi connectivity index (χ0v) is 22.0. The van der Waals surface area contributed by atoms with Crippen LogP contribution in [0.5, 0.6) is 5.75 Å². The van der Waals surface area contributed by atoms with Gasteiger partial charge in [-0.25, -0.2) is 4.99 Å². The molecule has 4 aromatic rings. The average Bonchev–Trinajstić information content (AvgIpc) is 3.23. The minimum Gasteiger partial charge on any atom is -0.488 e. The molecule has 0 saturated carbocycles. The number of para-hydroxylation sites is 1. The van der Waals surface area contributed by atoms with Crippen LogP contribution in [0, 0.1) is 17.0 Å². The molecule has 1 saturated heterocycles. The Morgan fingerprint density at radius 3 is 2.31 bits per heavy atom.